The van der Waals surface area contributed by atoms with Gasteiger partial charge in [-0.1, -0.05) is 62.3 Å². The normalized spacial score (nSPS) is 12.8. The standard InChI is InChI=1S/C19H11BrCl4N2O5/c1-7-4-8(2-3-9(7)20)25-10(27)6-31-11(28)5-26-18(29)12-13(19(26)30)15(22)17(24)16(23)14(12)21/h2-4H,5-6H2,1H3,(H,25,27). The number of imide groups is 1. The van der Waals surface area contributed by atoms with Crippen LogP contribution in [0, 0.1) is 6.92 Å². The molecule has 0 radical (unpaired) electrons. The molecule has 0 saturated heterocycles. The minimum absolute atomic E-state index is 0.183. The van der Waals surface area contributed by atoms with E-state index in [2.05, 4.69) is 21.2 Å². The highest BCUT2D eigenvalue weighted by Gasteiger charge is 2.42. The number of amides is 3. The number of benzene rings is 2. The third kappa shape index (κ3) is 4.68. The van der Waals surface area contributed by atoms with E-state index in [9.17, 15) is 19.2 Å². The third-order valence-electron chi connectivity index (χ3n) is 4.28. The number of rotatable bonds is 5. The van der Waals surface area contributed by atoms with Gasteiger partial charge in [-0.15, -0.1) is 0 Å². The molecule has 0 saturated carbocycles. The Hall–Kier alpha value is -1.84. The minimum Gasteiger partial charge on any atom is -0.454 e. The first kappa shape index (κ1) is 23.8. The highest BCUT2D eigenvalue weighted by Crippen LogP contribution is 2.44. The van der Waals surface area contributed by atoms with Crippen molar-refractivity contribution in [3.8, 4) is 0 Å². The topological polar surface area (TPSA) is 92.8 Å². The molecule has 0 spiro atoms. The summed E-state index contributed by atoms with van der Waals surface area (Å²) in [6.45, 7) is 0.482. The number of ether oxygens (including phenoxy) is 1. The fourth-order valence-electron chi connectivity index (χ4n) is 2.78. The van der Waals surface area contributed by atoms with Crippen molar-refractivity contribution in [3.05, 3.63) is 59.5 Å². The van der Waals surface area contributed by atoms with Gasteiger partial charge >= 0.3 is 5.97 Å². The number of nitrogens with one attached hydrogen (secondary N) is 1. The predicted octanol–water partition coefficient (Wildman–Crippen LogP) is 5.15. The summed E-state index contributed by atoms with van der Waals surface area (Å²) in [6.07, 6.45) is 0. The minimum atomic E-state index is -0.985. The molecule has 3 amide bonds. The lowest BCUT2D eigenvalue weighted by molar-refractivity contribution is -0.147. The molecule has 2 aromatic carbocycles. The second-order valence-electron chi connectivity index (χ2n) is 6.38. The van der Waals surface area contributed by atoms with Gasteiger partial charge in [0, 0.05) is 10.2 Å². The van der Waals surface area contributed by atoms with Crippen LogP contribution in [0.1, 0.15) is 26.3 Å². The van der Waals surface area contributed by atoms with Crippen molar-refractivity contribution in [2.45, 2.75) is 6.92 Å². The van der Waals surface area contributed by atoms with Crippen LogP contribution in [0.25, 0.3) is 0 Å². The fraction of sp³-hybridized carbons (Fsp3) is 0.158. The largest absolute Gasteiger partial charge is 0.454 e. The first-order valence-electron chi connectivity index (χ1n) is 8.46. The van der Waals surface area contributed by atoms with E-state index < -0.39 is 36.8 Å². The summed E-state index contributed by atoms with van der Waals surface area (Å²) in [5.41, 5.74) is 0.919. The van der Waals surface area contributed by atoms with Gasteiger partial charge in [0.2, 0.25) is 0 Å². The van der Waals surface area contributed by atoms with Crippen LogP contribution < -0.4 is 5.32 Å². The van der Waals surface area contributed by atoms with Gasteiger partial charge in [-0.2, -0.15) is 0 Å². The van der Waals surface area contributed by atoms with Crippen molar-refractivity contribution < 1.29 is 23.9 Å². The molecular formula is C19H11BrCl4N2O5. The summed E-state index contributed by atoms with van der Waals surface area (Å²) in [6, 6.07) is 5.15. The number of nitrogens with zero attached hydrogens (tertiary/aromatic N) is 1. The molecule has 0 unspecified atom stereocenters. The average molecular weight is 569 g/mol. The van der Waals surface area contributed by atoms with Crippen molar-refractivity contribution in [2.24, 2.45) is 0 Å². The second-order valence-corrected chi connectivity index (χ2v) is 8.74. The summed E-state index contributed by atoms with van der Waals surface area (Å²) < 4.78 is 5.75. The molecule has 0 atom stereocenters. The molecule has 1 aliphatic heterocycles. The SMILES string of the molecule is Cc1cc(NC(=O)COC(=O)CN2C(=O)c3c(Cl)c(Cl)c(Cl)c(Cl)c3C2=O)ccc1Br. The van der Waals surface area contributed by atoms with E-state index in [1.807, 2.05) is 6.92 Å². The van der Waals surface area contributed by atoms with Crippen molar-refractivity contribution in [1.29, 1.82) is 0 Å². The van der Waals surface area contributed by atoms with Crippen LogP contribution in [-0.4, -0.2) is 41.7 Å². The summed E-state index contributed by atoms with van der Waals surface area (Å²) in [5.74, 6) is -3.34. The Kier molecular flexibility index (Phi) is 7.18. The molecule has 31 heavy (non-hydrogen) atoms. The van der Waals surface area contributed by atoms with Crippen LogP contribution in [0.2, 0.25) is 20.1 Å². The number of halogens is 5. The first-order valence-corrected chi connectivity index (χ1v) is 10.8. The third-order valence-corrected chi connectivity index (χ3v) is 6.97. The van der Waals surface area contributed by atoms with Crippen LogP contribution in [0.5, 0.6) is 0 Å². The van der Waals surface area contributed by atoms with E-state index in [0.717, 1.165) is 10.0 Å². The molecular weight excluding hydrogens is 558 g/mol. The van der Waals surface area contributed by atoms with Crippen molar-refractivity contribution in [3.63, 3.8) is 0 Å². The molecule has 2 aromatic rings. The van der Waals surface area contributed by atoms with Crippen LogP contribution in [-0.2, 0) is 14.3 Å². The quantitative estimate of drug-likeness (QED) is 0.233. The van der Waals surface area contributed by atoms with E-state index >= 15 is 0 Å². The Morgan fingerprint density at radius 1 is 1.00 bits per heavy atom. The van der Waals surface area contributed by atoms with E-state index in [0.29, 0.717) is 10.6 Å². The van der Waals surface area contributed by atoms with Gasteiger partial charge in [0.1, 0.15) is 6.54 Å². The maximum absolute atomic E-state index is 12.6. The van der Waals surface area contributed by atoms with Crippen molar-refractivity contribution in [2.75, 3.05) is 18.5 Å². The van der Waals surface area contributed by atoms with Crippen LogP contribution in [0.3, 0.4) is 0 Å². The summed E-state index contributed by atoms with van der Waals surface area (Å²) in [7, 11) is 0. The lowest BCUT2D eigenvalue weighted by atomic mass is 10.1. The molecule has 1 N–H and O–H groups in total. The van der Waals surface area contributed by atoms with Crippen molar-refractivity contribution >= 4 is 91.7 Å². The summed E-state index contributed by atoms with van der Waals surface area (Å²) in [5, 5.41) is 1.71. The monoisotopic (exact) mass is 566 g/mol. The first-order chi connectivity index (χ1) is 14.5. The Morgan fingerprint density at radius 3 is 2.06 bits per heavy atom. The zero-order chi connectivity index (χ0) is 23.0. The maximum atomic E-state index is 12.6. The van der Waals surface area contributed by atoms with E-state index in [1.165, 1.54) is 0 Å². The van der Waals surface area contributed by atoms with Crippen LogP contribution in [0.15, 0.2) is 22.7 Å². The number of hydrogen-bond acceptors (Lipinski definition) is 5. The Bertz CT molecular complexity index is 1110. The molecule has 1 heterocycles. The average Bonchev–Trinajstić information content (AvgIpc) is 2.96. The molecule has 7 nitrogen and oxygen atoms in total. The van der Waals surface area contributed by atoms with Gasteiger partial charge in [-0.3, -0.25) is 24.1 Å². The number of anilines is 1. The molecule has 0 aromatic heterocycles. The Balaban J connectivity index is 1.64. The van der Waals surface area contributed by atoms with Gasteiger partial charge in [0.05, 0.1) is 31.2 Å². The zero-order valence-electron chi connectivity index (χ0n) is 15.5. The number of esters is 1. The van der Waals surface area contributed by atoms with Gasteiger partial charge in [-0.05, 0) is 30.7 Å². The molecule has 1 aliphatic rings. The molecule has 3 rings (SSSR count). The zero-order valence-corrected chi connectivity index (χ0v) is 20.1. The molecule has 0 aliphatic carbocycles. The van der Waals surface area contributed by atoms with Crippen LogP contribution >= 0.6 is 62.3 Å². The summed E-state index contributed by atoms with van der Waals surface area (Å²) in [4.78, 5) is 49.9. The van der Waals surface area contributed by atoms with E-state index in [1.54, 1.807) is 18.2 Å². The molecule has 162 valence electrons. The lowest BCUT2D eigenvalue weighted by Gasteiger charge is -2.13. The van der Waals surface area contributed by atoms with Crippen LogP contribution in [0.4, 0.5) is 5.69 Å². The Labute approximate surface area is 204 Å². The molecule has 12 heteroatoms. The molecule has 0 fully saturated rings. The van der Waals surface area contributed by atoms with Gasteiger partial charge in [-0.25, -0.2) is 0 Å². The number of aryl methyl sites for hydroxylation is 1. The van der Waals surface area contributed by atoms with Crippen molar-refractivity contribution in [1.82, 2.24) is 4.90 Å². The highest BCUT2D eigenvalue weighted by atomic mass is 79.9. The number of carbonyl (C=O) groups is 4. The smallest absolute Gasteiger partial charge is 0.326 e. The lowest BCUT2D eigenvalue weighted by Crippen LogP contribution is -2.36. The predicted molar refractivity (Wildman–Crippen MR) is 120 cm³/mol. The fourth-order valence-corrected chi connectivity index (χ4v) is 4.04. The number of carbonyl (C=O) groups excluding carboxylic acids is 4. The number of hydrogen-bond donors (Lipinski definition) is 1. The van der Waals surface area contributed by atoms with Gasteiger partial charge in [0.15, 0.2) is 6.61 Å². The van der Waals surface area contributed by atoms with Gasteiger partial charge in [0.25, 0.3) is 17.7 Å². The van der Waals surface area contributed by atoms with E-state index in [-0.39, 0.29) is 31.2 Å². The van der Waals surface area contributed by atoms with E-state index in [4.69, 9.17) is 51.1 Å². The van der Waals surface area contributed by atoms with Gasteiger partial charge < -0.3 is 10.1 Å². The number of fused-ring (bicyclic) bond motifs is 1. The maximum Gasteiger partial charge on any atom is 0.326 e. The highest BCUT2D eigenvalue weighted by molar-refractivity contribution is 9.10. The Morgan fingerprint density at radius 2 is 1.55 bits per heavy atom. The summed E-state index contributed by atoms with van der Waals surface area (Å²) >= 11 is 27.3. The molecule has 0 bridgehead atoms. The second kappa shape index (κ2) is 9.34.